The van der Waals surface area contributed by atoms with Gasteiger partial charge in [0, 0.05) is 11.3 Å². The Balaban J connectivity index is 1.94. The largest absolute Gasteiger partial charge is 0.507 e. The number of benzene rings is 3. The molecule has 0 spiro atoms. The van der Waals surface area contributed by atoms with E-state index in [-0.39, 0.29) is 11.3 Å². The summed E-state index contributed by atoms with van der Waals surface area (Å²) in [6, 6.07) is 18.4. The zero-order chi connectivity index (χ0) is 22.1. The number of nitrogens with zero attached hydrogens (tertiary/aromatic N) is 1. The molecule has 0 bridgehead atoms. The molecule has 1 amide bonds. The van der Waals surface area contributed by atoms with Crippen molar-refractivity contribution >= 4 is 23.1 Å². The number of carbonyl (C=O) groups is 2. The molecule has 1 unspecified atom stereocenters. The van der Waals surface area contributed by atoms with Crippen molar-refractivity contribution in [3.05, 3.63) is 101 Å². The quantitative estimate of drug-likeness (QED) is 0.377. The molecule has 1 heterocycles. The molecule has 0 radical (unpaired) electrons. The number of anilines is 1. The summed E-state index contributed by atoms with van der Waals surface area (Å²) in [6.45, 7) is 1.78. The number of para-hydroxylation sites is 1. The summed E-state index contributed by atoms with van der Waals surface area (Å²) in [5, 5.41) is 11.2. The van der Waals surface area contributed by atoms with E-state index in [4.69, 9.17) is 4.74 Å². The minimum atomic E-state index is -0.899. The SMILES string of the molecule is COc1ccc(/C(O)=C2/C(=O)C(=O)N(c3ccccc3)C2c2ccc(F)cc2)c(C)c1. The predicted octanol–water partition coefficient (Wildman–Crippen LogP) is 4.77. The van der Waals surface area contributed by atoms with Crippen molar-refractivity contribution in [2.45, 2.75) is 13.0 Å². The van der Waals surface area contributed by atoms with Gasteiger partial charge in [-0.2, -0.15) is 0 Å². The van der Waals surface area contributed by atoms with Gasteiger partial charge in [-0.15, -0.1) is 0 Å². The smallest absolute Gasteiger partial charge is 0.300 e. The van der Waals surface area contributed by atoms with Crippen LogP contribution in [0.25, 0.3) is 5.76 Å². The Morgan fingerprint density at radius 1 is 1.00 bits per heavy atom. The van der Waals surface area contributed by atoms with E-state index in [0.717, 1.165) is 0 Å². The van der Waals surface area contributed by atoms with Crippen molar-refractivity contribution in [3.63, 3.8) is 0 Å². The molecule has 0 saturated carbocycles. The fourth-order valence-corrected chi connectivity index (χ4v) is 3.82. The van der Waals surface area contributed by atoms with Gasteiger partial charge >= 0.3 is 0 Å². The van der Waals surface area contributed by atoms with Crippen LogP contribution in [0.4, 0.5) is 10.1 Å². The number of amides is 1. The number of rotatable bonds is 4. The lowest BCUT2D eigenvalue weighted by atomic mass is 9.93. The van der Waals surface area contributed by atoms with Crippen molar-refractivity contribution in [2.75, 3.05) is 12.0 Å². The molecule has 4 rings (SSSR count). The van der Waals surface area contributed by atoms with Crippen LogP contribution in [0, 0.1) is 12.7 Å². The van der Waals surface area contributed by atoms with Gasteiger partial charge in [0.25, 0.3) is 11.7 Å². The van der Waals surface area contributed by atoms with E-state index in [1.807, 2.05) is 0 Å². The Hall–Kier alpha value is -3.93. The van der Waals surface area contributed by atoms with Crippen LogP contribution < -0.4 is 9.64 Å². The second kappa shape index (κ2) is 8.07. The van der Waals surface area contributed by atoms with Gasteiger partial charge < -0.3 is 9.84 Å². The third-order valence-corrected chi connectivity index (χ3v) is 5.35. The Labute approximate surface area is 179 Å². The summed E-state index contributed by atoms with van der Waals surface area (Å²) in [7, 11) is 1.54. The molecule has 0 aliphatic carbocycles. The predicted molar refractivity (Wildman–Crippen MR) is 115 cm³/mol. The summed E-state index contributed by atoms with van der Waals surface area (Å²) in [5.41, 5.74) is 2.06. The maximum absolute atomic E-state index is 13.6. The maximum Gasteiger partial charge on any atom is 0.300 e. The van der Waals surface area contributed by atoms with Crippen LogP contribution in [-0.2, 0) is 9.59 Å². The van der Waals surface area contributed by atoms with Gasteiger partial charge in [0.05, 0.1) is 18.7 Å². The van der Waals surface area contributed by atoms with E-state index in [0.29, 0.717) is 28.1 Å². The molecule has 156 valence electrons. The highest BCUT2D eigenvalue weighted by Gasteiger charge is 2.47. The first-order chi connectivity index (χ1) is 14.9. The van der Waals surface area contributed by atoms with E-state index in [9.17, 15) is 19.1 Å². The molecule has 1 N–H and O–H groups in total. The third-order valence-electron chi connectivity index (χ3n) is 5.35. The van der Waals surface area contributed by atoms with Crippen LogP contribution in [0.15, 0.2) is 78.4 Å². The number of hydrogen-bond donors (Lipinski definition) is 1. The lowest BCUT2D eigenvalue weighted by Gasteiger charge is -2.25. The number of halogens is 1. The second-order valence-corrected chi connectivity index (χ2v) is 7.24. The first-order valence-electron chi connectivity index (χ1n) is 9.69. The molecule has 5 nitrogen and oxygen atoms in total. The molecular weight excluding hydrogens is 397 g/mol. The van der Waals surface area contributed by atoms with E-state index in [2.05, 4.69) is 0 Å². The number of carbonyl (C=O) groups excluding carboxylic acids is 2. The van der Waals surface area contributed by atoms with Crippen LogP contribution >= 0.6 is 0 Å². The lowest BCUT2D eigenvalue weighted by Crippen LogP contribution is -2.29. The van der Waals surface area contributed by atoms with Crippen LogP contribution in [-0.4, -0.2) is 23.9 Å². The number of aryl methyl sites for hydroxylation is 1. The third kappa shape index (κ3) is 3.57. The maximum atomic E-state index is 13.6. The Bertz CT molecular complexity index is 1190. The van der Waals surface area contributed by atoms with E-state index in [1.165, 1.54) is 36.3 Å². The number of hydrogen-bond acceptors (Lipinski definition) is 4. The van der Waals surface area contributed by atoms with Crippen molar-refractivity contribution in [2.24, 2.45) is 0 Å². The first kappa shape index (κ1) is 20.3. The summed E-state index contributed by atoms with van der Waals surface area (Å²) in [6.07, 6.45) is 0. The van der Waals surface area contributed by atoms with Crippen molar-refractivity contribution in [1.29, 1.82) is 0 Å². The highest BCUT2D eigenvalue weighted by Crippen LogP contribution is 2.42. The minimum absolute atomic E-state index is 0.0475. The number of aliphatic hydroxyl groups excluding tert-OH is 1. The van der Waals surface area contributed by atoms with Gasteiger partial charge in [-0.1, -0.05) is 30.3 Å². The van der Waals surface area contributed by atoms with Gasteiger partial charge in [0.2, 0.25) is 0 Å². The molecule has 31 heavy (non-hydrogen) atoms. The van der Waals surface area contributed by atoms with Crippen molar-refractivity contribution < 1.29 is 23.8 Å². The summed E-state index contributed by atoms with van der Waals surface area (Å²) >= 11 is 0. The minimum Gasteiger partial charge on any atom is -0.507 e. The molecule has 0 aromatic heterocycles. The van der Waals surface area contributed by atoms with Crippen molar-refractivity contribution in [1.82, 2.24) is 0 Å². The van der Waals surface area contributed by atoms with Gasteiger partial charge in [-0.05, 0) is 60.5 Å². The number of ether oxygens (including phenoxy) is 1. The van der Waals surface area contributed by atoms with Gasteiger partial charge in [0.1, 0.15) is 17.3 Å². The molecule has 3 aromatic carbocycles. The van der Waals surface area contributed by atoms with Crippen LogP contribution in [0.5, 0.6) is 5.75 Å². The second-order valence-electron chi connectivity index (χ2n) is 7.24. The molecular formula is C25H20FNO4. The van der Waals surface area contributed by atoms with E-state index in [1.54, 1.807) is 55.5 Å². The Kier molecular flexibility index (Phi) is 5.29. The zero-order valence-corrected chi connectivity index (χ0v) is 17.0. The molecule has 1 aliphatic rings. The molecule has 1 atom stereocenters. The standard InChI is InChI=1S/C25H20FNO4/c1-15-14-19(31-2)12-13-20(15)23(28)21-22(16-8-10-17(26)11-9-16)27(25(30)24(21)29)18-6-4-3-5-7-18/h3-14,22,28H,1-2H3/b23-21-. The molecule has 1 saturated heterocycles. The van der Waals surface area contributed by atoms with Gasteiger partial charge in [-0.3, -0.25) is 14.5 Å². The highest BCUT2D eigenvalue weighted by atomic mass is 19.1. The average molecular weight is 417 g/mol. The molecule has 1 fully saturated rings. The molecule has 6 heteroatoms. The van der Waals surface area contributed by atoms with Gasteiger partial charge in [0.15, 0.2) is 0 Å². The monoisotopic (exact) mass is 417 g/mol. The fraction of sp³-hybridized carbons (Fsp3) is 0.120. The fourth-order valence-electron chi connectivity index (χ4n) is 3.82. The topological polar surface area (TPSA) is 66.8 Å². The average Bonchev–Trinajstić information content (AvgIpc) is 3.05. The van der Waals surface area contributed by atoms with E-state index < -0.39 is 23.5 Å². The molecule has 1 aliphatic heterocycles. The Morgan fingerprint density at radius 3 is 2.29 bits per heavy atom. The number of methoxy groups -OCH3 is 1. The number of Topliss-reactive ketones (excluding diaryl/α,β-unsaturated/α-hetero) is 1. The van der Waals surface area contributed by atoms with Gasteiger partial charge in [-0.25, -0.2) is 4.39 Å². The first-order valence-corrected chi connectivity index (χ1v) is 9.69. The highest BCUT2D eigenvalue weighted by molar-refractivity contribution is 6.51. The number of ketones is 1. The molecule has 3 aromatic rings. The van der Waals surface area contributed by atoms with Crippen LogP contribution in [0.1, 0.15) is 22.7 Å². The number of aliphatic hydroxyl groups is 1. The Morgan fingerprint density at radius 2 is 1.68 bits per heavy atom. The van der Waals surface area contributed by atoms with Crippen LogP contribution in [0.3, 0.4) is 0 Å². The summed E-state index contributed by atoms with van der Waals surface area (Å²) in [4.78, 5) is 27.4. The lowest BCUT2D eigenvalue weighted by molar-refractivity contribution is -0.132. The summed E-state index contributed by atoms with van der Waals surface area (Å²) < 4.78 is 18.8. The summed E-state index contributed by atoms with van der Waals surface area (Å²) in [5.74, 6) is -1.68. The van der Waals surface area contributed by atoms with Crippen LogP contribution in [0.2, 0.25) is 0 Å². The van der Waals surface area contributed by atoms with E-state index >= 15 is 0 Å². The zero-order valence-electron chi connectivity index (χ0n) is 17.0. The van der Waals surface area contributed by atoms with Crippen molar-refractivity contribution in [3.8, 4) is 5.75 Å². The normalized spacial score (nSPS) is 17.8.